The van der Waals surface area contributed by atoms with E-state index in [1.807, 2.05) is 50.7 Å². The van der Waals surface area contributed by atoms with E-state index in [2.05, 4.69) is 18.0 Å². The fraction of sp³-hybridized carbons (Fsp3) is 0.407. The fourth-order valence-electron chi connectivity index (χ4n) is 5.13. The van der Waals surface area contributed by atoms with Gasteiger partial charge in [0, 0.05) is 48.2 Å². The smallest absolute Gasteiger partial charge is 0.410 e. The number of carbonyl (C=O) groups is 1. The Morgan fingerprint density at radius 1 is 1.18 bits per heavy atom. The van der Waals surface area contributed by atoms with Crippen LogP contribution in [0, 0.1) is 12.7 Å². The van der Waals surface area contributed by atoms with E-state index < -0.39 is 5.60 Å². The van der Waals surface area contributed by atoms with Crippen LogP contribution in [0.25, 0.3) is 32.6 Å². The predicted molar refractivity (Wildman–Crippen MR) is 132 cm³/mol. The maximum atomic E-state index is 15.3. The van der Waals surface area contributed by atoms with Gasteiger partial charge in [0.15, 0.2) is 5.82 Å². The summed E-state index contributed by atoms with van der Waals surface area (Å²) in [5, 5.41) is 3.90. The van der Waals surface area contributed by atoms with E-state index in [0.29, 0.717) is 24.4 Å². The predicted octanol–water partition coefficient (Wildman–Crippen LogP) is 6.11. The van der Waals surface area contributed by atoms with Crippen molar-refractivity contribution in [3.05, 3.63) is 48.0 Å². The summed E-state index contributed by atoms with van der Waals surface area (Å²) in [4.78, 5) is 18.6. The number of hydrogen-bond acceptors (Lipinski definition) is 4. The third-order valence-corrected chi connectivity index (χ3v) is 6.61. The van der Waals surface area contributed by atoms with Crippen molar-refractivity contribution in [2.45, 2.75) is 52.2 Å². The lowest BCUT2D eigenvalue weighted by Crippen LogP contribution is -2.42. The quantitative estimate of drug-likeness (QED) is 0.368. The minimum Gasteiger partial charge on any atom is -0.491 e. The lowest BCUT2D eigenvalue weighted by molar-refractivity contribution is 0.0187. The summed E-state index contributed by atoms with van der Waals surface area (Å²) in [7, 11) is 1.89. The highest BCUT2D eigenvalue weighted by Crippen LogP contribution is 2.37. The largest absolute Gasteiger partial charge is 0.491 e. The van der Waals surface area contributed by atoms with Crippen LogP contribution in [0.1, 0.15) is 39.2 Å². The summed E-state index contributed by atoms with van der Waals surface area (Å²) < 4.78 is 28.8. The number of rotatable bonds is 3. The van der Waals surface area contributed by atoms with E-state index in [4.69, 9.17) is 9.47 Å². The Hall–Kier alpha value is -3.35. The molecule has 0 unspecified atom stereocenters. The number of nitrogens with zero attached hydrogens (tertiary/aromatic N) is 3. The van der Waals surface area contributed by atoms with E-state index in [1.54, 1.807) is 11.1 Å². The van der Waals surface area contributed by atoms with Crippen LogP contribution < -0.4 is 4.74 Å². The third-order valence-electron chi connectivity index (χ3n) is 6.61. The number of carbonyl (C=O) groups excluding carboxylic acids is 1. The number of likely N-dealkylation sites (tertiary alicyclic amines) is 1. The first-order valence-corrected chi connectivity index (χ1v) is 11.7. The number of halogens is 1. The Morgan fingerprint density at radius 3 is 2.71 bits per heavy atom. The normalized spacial score (nSPS) is 16.6. The number of hydrogen-bond donors (Lipinski definition) is 0. The molecule has 5 rings (SSSR count). The summed E-state index contributed by atoms with van der Waals surface area (Å²) >= 11 is 0. The first-order chi connectivity index (χ1) is 16.1. The molecule has 0 saturated carbocycles. The summed E-state index contributed by atoms with van der Waals surface area (Å²) in [5.74, 6) is 0.126. The highest BCUT2D eigenvalue weighted by Gasteiger charge is 2.32. The highest BCUT2D eigenvalue weighted by atomic mass is 19.1. The van der Waals surface area contributed by atoms with Crippen LogP contribution in [-0.2, 0) is 11.8 Å². The second-order valence-corrected chi connectivity index (χ2v) is 10.1. The van der Waals surface area contributed by atoms with Gasteiger partial charge in [0.2, 0.25) is 0 Å². The maximum Gasteiger partial charge on any atom is 0.410 e. The van der Waals surface area contributed by atoms with Crippen molar-refractivity contribution < 1.29 is 18.7 Å². The Morgan fingerprint density at radius 2 is 1.94 bits per heavy atom. The molecule has 1 amide bonds. The monoisotopic (exact) mass is 463 g/mol. The zero-order valence-corrected chi connectivity index (χ0v) is 20.3. The van der Waals surface area contributed by atoms with Gasteiger partial charge in [0.25, 0.3) is 0 Å². The number of amides is 1. The molecule has 1 fully saturated rings. The second kappa shape index (κ2) is 8.15. The van der Waals surface area contributed by atoms with Crippen molar-refractivity contribution in [2.24, 2.45) is 7.05 Å². The molecule has 1 aliphatic heterocycles. The van der Waals surface area contributed by atoms with E-state index in [-0.39, 0.29) is 18.0 Å². The van der Waals surface area contributed by atoms with Crippen molar-refractivity contribution >= 4 is 38.7 Å². The van der Waals surface area contributed by atoms with Crippen LogP contribution >= 0.6 is 0 Å². The first-order valence-electron chi connectivity index (χ1n) is 11.7. The van der Waals surface area contributed by atoms with Crippen LogP contribution in [0.3, 0.4) is 0 Å². The van der Waals surface area contributed by atoms with Crippen LogP contribution in [0.5, 0.6) is 5.75 Å². The number of ether oxygens (including phenoxy) is 2. The van der Waals surface area contributed by atoms with Gasteiger partial charge in [-0.15, -0.1) is 0 Å². The van der Waals surface area contributed by atoms with Crippen molar-refractivity contribution in [1.29, 1.82) is 0 Å². The van der Waals surface area contributed by atoms with Gasteiger partial charge in [-0.25, -0.2) is 9.18 Å². The molecule has 6 nitrogen and oxygen atoms in total. The standard InChI is InChI=1S/C27H30FN3O3/c1-16-20-8-9-29-14-17(20)11-21-22-12-19(13-23(28)25(22)30(5)24(16)21)33-15-18-7-6-10-31(18)26(32)34-27(2,3)4/h8-9,11-14,18H,6-7,10,15H2,1-5H3/t18-/m1/s1. The second-order valence-electron chi connectivity index (χ2n) is 10.1. The lowest BCUT2D eigenvalue weighted by atomic mass is 10.0. The molecule has 0 spiro atoms. The molecular weight excluding hydrogens is 433 g/mol. The van der Waals surface area contributed by atoms with Crippen LogP contribution in [0.4, 0.5) is 9.18 Å². The van der Waals surface area contributed by atoms with E-state index >= 15 is 4.39 Å². The summed E-state index contributed by atoms with van der Waals surface area (Å²) in [6, 6.07) is 7.29. The Labute approximate surface area is 198 Å². The molecule has 0 aliphatic carbocycles. The van der Waals surface area contributed by atoms with Crippen molar-refractivity contribution in [3.8, 4) is 5.75 Å². The molecule has 2 aromatic carbocycles. The van der Waals surface area contributed by atoms with Crippen LogP contribution in [0.15, 0.2) is 36.7 Å². The average Bonchev–Trinajstić information content (AvgIpc) is 3.35. The Balaban J connectivity index is 1.48. The van der Waals surface area contributed by atoms with Gasteiger partial charge in [0.1, 0.15) is 18.0 Å². The molecule has 0 bridgehead atoms. The highest BCUT2D eigenvalue weighted by molar-refractivity contribution is 6.14. The number of aromatic nitrogens is 2. The maximum absolute atomic E-state index is 15.3. The van der Waals surface area contributed by atoms with Gasteiger partial charge >= 0.3 is 6.09 Å². The Bertz CT molecular complexity index is 1420. The zero-order chi connectivity index (χ0) is 24.2. The van der Waals surface area contributed by atoms with Crippen molar-refractivity contribution in [3.63, 3.8) is 0 Å². The number of fused-ring (bicyclic) bond motifs is 4. The molecule has 1 atom stereocenters. The lowest BCUT2D eigenvalue weighted by Gasteiger charge is -2.28. The molecule has 1 aliphatic rings. The first kappa shape index (κ1) is 22.4. The number of aryl methyl sites for hydroxylation is 2. The van der Waals surface area contributed by atoms with Gasteiger partial charge in [-0.1, -0.05) is 0 Å². The van der Waals surface area contributed by atoms with Gasteiger partial charge in [0.05, 0.1) is 17.1 Å². The van der Waals surface area contributed by atoms with Gasteiger partial charge < -0.3 is 18.9 Å². The van der Waals surface area contributed by atoms with E-state index in [1.165, 1.54) is 6.07 Å². The van der Waals surface area contributed by atoms with Crippen molar-refractivity contribution in [2.75, 3.05) is 13.2 Å². The molecule has 2 aromatic heterocycles. The van der Waals surface area contributed by atoms with Gasteiger partial charge in [-0.3, -0.25) is 4.98 Å². The minimum atomic E-state index is -0.550. The molecule has 3 heterocycles. The molecule has 7 heteroatoms. The molecular formula is C27H30FN3O3. The topological polar surface area (TPSA) is 56.6 Å². The van der Waals surface area contributed by atoms with Crippen LogP contribution in [-0.4, -0.2) is 45.3 Å². The molecule has 1 saturated heterocycles. The molecule has 178 valence electrons. The molecule has 34 heavy (non-hydrogen) atoms. The van der Waals surface area contributed by atoms with E-state index in [9.17, 15) is 4.79 Å². The molecule has 0 N–H and O–H groups in total. The van der Waals surface area contributed by atoms with Crippen molar-refractivity contribution in [1.82, 2.24) is 14.5 Å². The average molecular weight is 464 g/mol. The SMILES string of the molecule is Cc1c2ccncc2cc2c3cc(OC[C@H]4CCCN4C(=O)OC(C)(C)C)cc(F)c3n(C)c12. The number of benzene rings is 2. The zero-order valence-electron chi connectivity index (χ0n) is 20.3. The van der Waals surface area contributed by atoms with Crippen LogP contribution in [0.2, 0.25) is 0 Å². The summed E-state index contributed by atoms with van der Waals surface area (Å²) in [5.41, 5.74) is 2.09. The fourth-order valence-corrected chi connectivity index (χ4v) is 5.13. The minimum absolute atomic E-state index is 0.0987. The molecule has 4 aromatic rings. The Kier molecular flexibility index (Phi) is 5.38. The van der Waals surface area contributed by atoms with Gasteiger partial charge in [-0.2, -0.15) is 0 Å². The summed E-state index contributed by atoms with van der Waals surface area (Å²) in [6.07, 6.45) is 5.01. The third kappa shape index (κ3) is 3.83. The molecule has 0 radical (unpaired) electrons. The van der Waals surface area contributed by atoms with E-state index in [0.717, 1.165) is 45.5 Å². The number of pyridine rings is 1. The van der Waals surface area contributed by atoms with Gasteiger partial charge in [-0.05, 0) is 69.7 Å². The summed E-state index contributed by atoms with van der Waals surface area (Å²) in [6.45, 7) is 8.56.